The van der Waals surface area contributed by atoms with Crippen molar-refractivity contribution >= 4 is 17.7 Å². The second kappa shape index (κ2) is 7.50. The predicted molar refractivity (Wildman–Crippen MR) is 78.7 cm³/mol. The van der Waals surface area contributed by atoms with Crippen LogP contribution in [-0.2, 0) is 10.5 Å². The zero-order valence-corrected chi connectivity index (χ0v) is 11.9. The van der Waals surface area contributed by atoms with Crippen LogP contribution in [0.25, 0.3) is 0 Å². The first kappa shape index (κ1) is 14.3. The van der Waals surface area contributed by atoms with Gasteiger partial charge in [0.15, 0.2) is 0 Å². The third-order valence-electron chi connectivity index (χ3n) is 3.24. The highest BCUT2D eigenvalue weighted by atomic mass is 32.2. The molecule has 4 nitrogen and oxygen atoms in total. The molecule has 0 saturated heterocycles. The molecular weight excluding hydrogens is 258 g/mol. The van der Waals surface area contributed by atoms with E-state index in [0.717, 1.165) is 17.2 Å². The van der Waals surface area contributed by atoms with Crippen LogP contribution in [0.2, 0.25) is 0 Å². The number of pyridine rings is 1. The summed E-state index contributed by atoms with van der Waals surface area (Å²) >= 11 is 1.74. The summed E-state index contributed by atoms with van der Waals surface area (Å²) in [4.78, 5) is 16.0. The molecule has 3 N–H and O–H groups in total. The number of hydrogen-bond acceptors (Lipinski definition) is 4. The van der Waals surface area contributed by atoms with Crippen LogP contribution in [0.4, 0.5) is 0 Å². The predicted octanol–water partition coefficient (Wildman–Crippen LogP) is 1.56. The van der Waals surface area contributed by atoms with E-state index in [-0.39, 0.29) is 11.9 Å². The van der Waals surface area contributed by atoms with Crippen molar-refractivity contribution in [3.63, 3.8) is 0 Å². The molecule has 1 fully saturated rings. The Morgan fingerprint density at radius 1 is 1.53 bits per heavy atom. The van der Waals surface area contributed by atoms with Gasteiger partial charge in [-0.05, 0) is 30.9 Å². The molecule has 1 atom stereocenters. The van der Waals surface area contributed by atoms with Crippen LogP contribution in [0.5, 0.6) is 0 Å². The molecule has 1 aliphatic carbocycles. The summed E-state index contributed by atoms with van der Waals surface area (Å²) in [7, 11) is 0. The van der Waals surface area contributed by atoms with E-state index >= 15 is 0 Å². The molecule has 1 unspecified atom stereocenters. The quantitative estimate of drug-likeness (QED) is 0.709. The fourth-order valence-corrected chi connectivity index (χ4v) is 2.83. The molecule has 1 aromatic rings. The van der Waals surface area contributed by atoms with Gasteiger partial charge >= 0.3 is 0 Å². The molecule has 0 aromatic carbocycles. The molecule has 5 heteroatoms. The molecule has 1 saturated carbocycles. The first-order chi connectivity index (χ1) is 9.29. The normalized spacial score (nSPS) is 16.1. The topological polar surface area (TPSA) is 68.0 Å². The van der Waals surface area contributed by atoms with Crippen molar-refractivity contribution in [1.29, 1.82) is 0 Å². The third kappa shape index (κ3) is 5.20. The van der Waals surface area contributed by atoms with Gasteiger partial charge in [-0.1, -0.05) is 6.07 Å². The molecule has 0 bridgehead atoms. The van der Waals surface area contributed by atoms with E-state index in [9.17, 15) is 4.79 Å². The highest BCUT2D eigenvalue weighted by molar-refractivity contribution is 7.98. The Labute approximate surface area is 118 Å². The fourth-order valence-electron chi connectivity index (χ4n) is 1.97. The summed E-state index contributed by atoms with van der Waals surface area (Å²) in [5.74, 6) is 2.42. The van der Waals surface area contributed by atoms with Crippen molar-refractivity contribution in [1.82, 2.24) is 10.3 Å². The number of amides is 1. The SMILES string of the molecule is NCC(NC(=O)CCSCc1ccccn1)C1CC1. The lowest BCUT2D eigenvalue weighted by atomic mass is 10.2. The van der Waals surface area contributed by atoms with Gasteiger partial charge in [-0.3, -0.25) is 9.78 Å². The minimum absolute atomic E-state index is 0.121. The molecule has 1 aliphatic rings. The first-order valence-electron chi connectivity index (χ1n) is 6.76. The van der Waals surface area contributed by atoms with Gasteiger partial charge in [0.25, 0.3) is 0 Å². The highest BCUT2D eigenvalue weighted by Crippen LogP contribution is 2.32. The largest absolute Gasteiger partial charge is 0.352 e. The van der Waals surface area contributed by atoms with E-state index in [1.165, 1.54) is 12.8 Å². The maximum absolute atomic E-state index is 11.8. The standard InChI is InChI=1S/C14H21N3OS/c15-9-13(11-4-5-11)17-14(18)6-8-19-10-12-3-1-2-7-16-12/h1-3,7,11,13H,4-6,8-10,15H2,(H,17,18). The van der Waals surface area contributed by atoms with Gasteiger partial charge in [-0.15, -0.1) is 0 Å². The van der Waals surface area contributed by atoms with Crippen LogP contribution < -0.4 is 11.1 Å². The van der Waals surface area contributed by atoms with Crippen LogP contribution >= 0.6 is 11.8 Å². The number of thioether (sulfide) groups is 1. The number of carbonyl (C=O) groups is 1. The number of nitrogens with zero attached hydrogens (tertiary/aromatic N) is 1. The monoisotopic (exact) mass is 279 g/mol. The van der Waals surface area contributed by atoms with E-state index < -0.39 is 0 Å². The van der Waals surface area contributed by atoms with Crippen molar-refractivity contribution in [3.8, 4) is 0 Å². The van der Waals surface area contributed by atoms with E-state index in [1.807, 2.05) is 18.2 Å². The molecule has 1 heterocycles. The lowest BCUT2D eigenvalue weighted by Crippen LogP contribution is -2.41. The van der Waals surface area contributed by atoms with Crippen molar-refractivity contribution in [2.75, 3.05) is 12.3 Å². The minimum Gasteiger partial charge on any atom is -0.352 e. The maximum Gasteiger partial charge on any atom is 0.221 e. The highest BCUT2D eigenvalue weighted by Gasteiger charge is 2.30. The number of nitrogens with one attached hydrogen (secondary N) is 1. The van der Waals surface area contributed by atoms with E-state index in [4.69, 9.17) is 5.73 Å². The Morgan fingerprint density at radius 3 is 3.00 bits per heavy atom. The van der Waals surface area contributed by atoms with Gasteiger partial charge in [-0.2, -0.15) is 11.8 Å². The molecule has 0 spiro atoms. The minimum atomic E-state index is 0.121. The summed E-state index contributed by atoms with van der Waals surface area (Å²) < 4.78 is 0. The van der Waals surface area contributed by atoms with E-state index in [1.54, 1.807) is 18.0 Å². The Balaban J connectivity index is 1.58. The van der Waals surface area contributed by atoms with Crippen molar-refractivity contribution in [2.45, 2.75) is 31.1 Å². The number of hydrogen-bond donors (Lipinski definition) is 2. The van der Waals surface area contributed by atoms with Crippen molar-refractivity contribution in [2.24, 2.45) is 11.7 Å². The smallest absolute Gasteiger partial charge is 0.221 e. The van der Waals surface area contributed by atoms with Gasteiger partial charge in [0.1, 0.15) is 0 Å². The van der Waals surface area contributed by atoms with E-state index in [0.29, 0.717) is 18.9 Å². The van der Waals surface area contributed by atoms with Crippen LogP contribution in [0.15, 0.2) is 24.4 Å². The molecule has 1 amide bonds. The lowest BCUT2D eigenvalue weighted by Gasteiger charge is -2.15. The summed E-state index contributed by atoms with van der Waals surface area (Å²) in [6.07, 6.45) is 4.76. The Kier molecular flexibility index (Phi) is 5.66. The number of nitrogens with two attached hydrogens (primary N) is 1. The number of rotatable bonds is 8. The maximum atomic E-state index is 11.8. The van der Waals surface area contributed by atoms with Gasteiger partial charge in [-0.25, -0.2) is 0 Å². The third-order valence-corrected chi connectivity index (χ3v) is 4.23. The molecule has 1 aromatic heterocycles. The van der Waals surface area contributed by atoms with Crippen molar-refractivity contribution < 1.29 is 4.79 Å². The van der Waals surface area contributed by atoms with Gasteiger partial charge in [0.2, 0.25) is 5.91 Å². The molecule has 0 radical (unpaired) electrons. The molecule has 104 valence electrons. The van der Waals surface area contributed by atoms with Crippen LogP contribution in [0.3, 0.4) is 0 Å². The lowest BCUT2D eigenvalue weighted by molar-refractivity contribution is -0.121. The van der Waals surface area contributed by atoms with Crippen LogP contribution in [0.1, 0.15) is 25.0 Å². The van der Waals surface area contributed by atoms with Crippen LogP contribution in [0, 0.1) is 5.92 Å². The van der Waals surface area contributed by atoms with Crippen molar-refractivity contribution in [3.05, 3.63) is 30.1 Å². The second-order valence-corrected chi connectivity index (χ2v) is 5.98. The molecule has 2 rings (SSSR count). The average Bonchev–Trinajstić information content (AvgIpc) is 3.27. The van der Waals surface area contributed by atoms with Gasteiger partial charge in [0.05, 0.1) is 5.69 Å². The molecular formula is C14H21N3OS. The summed E-state index contributed by atoms with van der Waals surface area (Å²) in [6.45, 7) is 0.553. The van der Waals surface area contributed by atoms with Gasteiger partial charge < -0.3 is 11.1 Å². The van der Waals surface area contributed by atoms with E-state index in [2.05, 4.69) is 10.3 Å². The summed E-state index contributed by atoms with van der Waals surface area (Å²) in [6, 6.07) is 6.09. The van der Waals surface area contributed by atoms with Gasteiger partial charge in [0, 0.05) is 36.7 Å². The second-order valence-electron chi connectivity index (χ2n) is 4.87. The average molecular weight is 279 g/mol. The summed E-state index contributed by atoms with van der Waals surface area (Å²) in [5.41, 5.74) is 6.73. The summed E-state index contributed by atoms with van der Waals surface area (Å²) in [5, 5.41) is 3.03. The zero-order valence-electron chi connectivity index (χ0n) is 11.0. The Bertz CT molecular complexity index is 395. The van der Waals surface area contributed by atoms with Crippen LogP contribution in [-0.4, -0.2) is 29.2 Å². The Hall–Kier alpha value is -1.07. The fraction of sp³-hybridized carbons (Fsp3) is 0.571. The first-order valence-corrected chi connectivity index (χ1v) is 7.92. The number of aromatic nitrogens is 1. The Morgan fingerprint density at radius 2 is 2.37 bits per heavy atom. The zero-order chi connectivity index (χ0) is 13.5. The molecule has 0 aliphatic heterocycles. The number of carbonyl (C=O) groups excluding carboxylic acids is 1. The molecule has 19 heavy (non-hydrogen) atoms.